The van der Waals surface area contributed by atoms with E-state index in [4.69, 9.17) is 0 Å². The number of allylic oxidation sites excluding steroid dienone is 2. The van der Waals surface area contributed by atoms with Crippen LogP contribution in [0.3, 0.4) is 0 Å². The van der Waals surface area contributed by atoms with E-state index in [0.29, 0.717) is 0 Å². The summed E-state index contributed by atoms with van der Waals surface area (Å²) in [5.41, 5.74) is 3.79. The molecular formula is C26H52. The van der Waals surface area contributed by atoms with Crippen LogP contribution in [0.1, 0.15) is 156 Å². The molecule has 0 aliphatic heterocycles. The highest BCUT2D eigenvalue weighted by atomic mass is 14.1. The topological polar surface area (TPSA) is 0 Å². The molecule has 0 rings (SSSR count). The van der Waals surface area contributed by atoms with Crippen molar-refractivity contribution in [1.29, 1.82) is 0 Å². The predicted molar refractivity (Wildman–Crippen MR) is 122 cm³/mol. The van der Waals surface area contributed by atoms with Crippen molar-refractivity contribution in [1.82, 2.24) is 0 Å². The lowest BCUT2D eigenvalue weighted by Crippen LogP contribution is -1.97. The average Bonchev–Trinajstić information content (AvgIpc) is 2.66. The molecule has 0 aromatic carbocycles. The van der Waals surface area contributed by atoms with Crippen molar-refractivity contribution < 1.29 is 0 Å². The van der Waals surface area contributed by atoms with E-state index < -0.39 is 0 Å². The fraction of sp³-hybridized carbons (Fsp3) is 0.923. The largest absolute Gasteiger partial charge is 0.0710 e. The van der Waals surface area contributed by atoms with Gasteiger partial charge >= 0.3 is 0 Å². The van der Waals surface area contributed by atoms with Crippen molar-refractivity contribution in [3.8, 4) is 0 Å². The minimum Gasteiger partial charge on any atom is -0.0710 e. The Labute approximate surface area is 167 Å². The monoisotopic (exact) mass is 364 g/mol. The van der Waals surface area contributed by atoms with Crippen LogP contribution in [0.15, 0.2) is 11.1 Å². The molecule has 0 radical (unpaired) electrons. The fourth-order valence-electron chi connectivity index (χ4n) is 4.02. The number of hydrogen-bond acceptors (Lipinski definition) is 0. The van der Waals surface area contributed by atoms with Gasteiger partial charge in [-0.1, -0.05) is 116 Å². The maximum atomic E-state index is 2.33. The number of rotatable bonds is 20. The summed E-state index contributed by atoms with van der Waals surface area (Å²) in [5, 5.41) is 0. The normalized spacial score (nSPS) is 11.1. The standard InChI is InChI=1S/C26H52/c1-5-9-13-17-21-25(22-18-14-10-6-2)26(23-19-15-11-7-3)24-20-16-12-8-4/h5-24H2,1-4H3. The van der Waals surface area contributed by atoms with Crippen molar-refractivity contribution in [2.45, 2.75) is 156 Å². The van der Waals surface area contributed by atoms with Crippen LogP contribution in [0, 0.1) is 0 Å². The zero-order valence-corrected chi connectivity index (χ0v) is 19.1. The Morgan fingerprint density at radius 3 is 0.731 bits per heavy atom. The Balaban J connectivity index is 4.76. The fourth-order valence-corrected chi connectivity index (χ4v) is 4.02. The lowest BCUT2D eigenvalue weighted by atomic mass is 9.89. The van der Waals surface area contributed by atoms with Crippen molar-refractivity contribution in [2.24, 2.45) is 0 Å². The summed E-state index contributed by atoms with van der Waals surface area (Å²) in [7, 11) is 0. The van der Waals surface area contributed by atoms with Crippen LogP contribution in [0.2, 0.25) is 0 Å². The first-order chi connectivity index (χ1) is 12.8. The molecule has 0 heterocycles. The third-order valence-electron chi connectivity index (χ3n) is 5.83. The van der Waals surface area contributed by atoms with Gasteiger partial charge in [-0.2, -0.15) is 0 Å². The van der Waals surface area contributed by atoms with Gasteiger partial charge in [0.2, 0.25) is 0 Å². The molecule has 156 valence electrons. The molecule has 0 N–H and O–H groups in total. The molecular weight excluding hydrogens is 312 g/mol. The molecule has 26 heavy (non-hydrogen) atoms. The first-order valence-corrected chi connectivity index (χ1v) is 12.5. The Morgan fingerprint density at radius 2 is 0.538 bits per heavy atom. The molecule has 0 saturated carbocycles. The van der Waals surface area contributed by atoms with Gasteiger partial charge in [0.25, 0.3) is 0 Å². The van der Waals surface area contributed by atoms with E-state index in [1.807, 2.05) is 11.1 Å². The Hall–Kier alpha value is -0.260. The van der Waals surface area contributed by atoms with Crippen LogP contribution in [-0.4, -0.2) is 0 Å². The first kappa shape index (κ1) is 25.7. The van der Waals surface area contributed by atoms with Gasteiger partial charge in [-0.3, -0.25) is 0 Å². The molecule has 0 heteroatoms. The SMILES string of the molecule is CCCCCCC(CCCCCC)=C(CCCCCC)CCCCCC. The Morgan fingerprint density at radius 1 is 0.308 bits per heavy atom. The summed E-state index contributed by atoms with van der Waals surface area (Å²) in [6, 6.07) is 0. The van der Waals surface area contributed by atoms with Crippen LogP contribution in [0.25, 0.3) is 0 Å². The third kappa shape index (κ3) is 16.0. The highest BCUT2D eigenvalue weighted by Gasteiger charge is 2.08. The zero-order chi connectivity index (χ0) is 19.3. The van der Waals surface area contributed by atoms with E-state index in [0.717, 1.165) is 0 Å². The molecule has 0 atom stereocenters. The summed E-state index contributed by atoms with van der Waals surface area (Å²) < 4.78 is 0. The Kier molecular flexibility index (Phi) is 20.8. The van der Waals surface area contributed by atoms with Crippen molar-refractivity contribution in [3.05, 3.63) is 11.1 Å². The smallest absolute Gasteiger partial charge is 0.0318 e. The second-order valence-electron chi connectivity index (χ2n) is 8.45. The summed E-state index contributed by atoms with van der Waals surface area (Å²) >= 11 is 0. The van der Waals surface area contributed by atoms with E-state index in [1.54, 1.807) is 0 Å². The lowest BCUT2D eigenvalue weighted by molar-refractivity contribution is 0.589. The summed E-state index contributed by atoms with van der Waals surface area (Å²) in [6.45, 7) is 9.31. The van der Waals surface area contributed by atoms with Gasteiger partial charge in [0.1, 0.15) is 0 Å². The molecule has 0 aromatic rings. The molecule has 0 bridgehead atoms. The third-order valence-corrected chi connectivity index (χ3v) is 5.83. The lowest BCUT2D eigenvalue weighted by Gasteiger charge is -2.17. The van der Waals surface area contributed by atoms with Gasteiger partial charge in [0.05, 0.1) is 0 Å². The molecule has 0 fully saturated rings. The van der Waals surface area contributed by atoms with Crippen molar-refractivity contribution in [3.63, 3.8) is 0 Å². The quantitative estimate of drug-likeness (QED) is 0.149. The van der Waals surface area contributed by atoms with Crippen molar-refractivity contribution in [2.75, 3.05) is 0 Å². The highest BCUT2D eigenvalue weighted by molar-refractivity contribution is 5.15. The summed E-state index contributed by atoms with van der Waals surface area (Å²) in [4.78, 5) is 0. The van der Waals surface area contributed by atoms with Gasteiger partial charge < -0.3 is 0 Å². The van der Waals surface area contributed by atoms with E-state index in [-0.39, 0.29) is 0 Å². The van der Waals surface area contributed by atoms with Gasteiger partial charge in [-0.05, 0) is 51.4 Å². The second-order valence-corrected chi connectivity index (χ2v) is 8.45. The molecule has 0 aliphatic rings. The van der Waals surface area contributed by atoms with Crippen LogP contribution in [0.4, 0.5) is 0 Å². The average molecular weight is 365 g/mol. The van der Waals surface area contributed by atoms with Gasteiger partial charge in [-0.15, -0.1) is 0 Å². The molecule has 0 aliphatic carbocycles. The predicted octanol–water partition coefficient (Wildman–Crippen LogP) is 10.2. The number of hydrogen-bond donors (Lipinski definition) is 0. The van der Waals surface area contributed by atoms with Crippen LogP contribution in [-0.2, 0) is 0 Å². The molecule has 0 saturated heterocycles. The minimum absolute atomic E-state index is 1.36. The maximum absolute atomic E-state index is 2.33. The summed E-state index contributed by atoms with van der Waals surface area (Å²) in [6.07, 6.45) is 28.2. The van der Waals surface area contributed by atoms with Crippen molar-refractivity contribution >= 4 is 0 Å². The molecule has 0 nitrogen and oxygen atoms in total. The van der Waals surface area contributed by atoms with Crippen LogP contribution < -0.4 is 0 Å². The maximum Gasteiger partial charge on any atom is -0.0318 e. The van der Waals surface area contributed by atoms with Gasteiger partial charge in [-0.25, -0.2) is 0 Å². The van der Waals surface area contributed by atoms with Crippen LogP contribution >= 0.6 is 0 Å². The van der Waals surface area contributed by atoms with Gasteiger partial charge in [0, 0.05) is 0 Å². The molecule has 0 unspecified atom stereocenters. The number of unbranched alkanes of at least 4 members (excludes halogenated alkanes) is 12. The molecule has 0 amide bonds. The second kappa shape index (κ2) is 21.0. The zero-order valence-electron chi connectivity index (χ0n) is 19.1. The first-order valence-electron chi connectivity index (χ1n) is 12.5. The molecule has 0 aromatic heterocycles. The highest BCUT2D eigenvalue weighted by Crippen LogP contribution is 2.28. The van der Waals surface area contributed by atoms with E-state index in [2.05, 4.69) is 27.7 Å². The Bertz CT molecular complexity index is 241. The molecule has 0 spiro atoms. The van der Waals surface area contributed by atoms with E-state index >= 15 is 0 Å². The van der Waals surface area contributed by atoms with E-state index in [9.17, 15) is 0 Å². The minimum atomic E-state index is 1.36. The van der Waals surface area contributed by atoms with Gasteiger partial charge in [0.15, 0.2) is 0 Å². The summed E-state index contributed by atoms with van der Waals surface area (Å²) in [5.74, 6) is 0. The van der Waals surface area contributed by atoms with E-state index in [1.165, 1.54) is 128 Å². The van der Waals surface area contributed by atoms with Crippen LogP contribution in [0.5, 0.6) is 0 Å².